The number of rotatable bonds is 3. The molecule has 0 unspecified atom stereocenters. The molecule has 0 fully saturated rings. The number of carbonyl (C=O) groups excluding carboxylic acids is 1. The van der Waals surface area contributed by atoms with Crippen LogP contribution in [0.25, 0.3) is 0 Å². The first-order valence-electron chi connectivity index (χ1n) is 8.04. The van der Waals surface area contributed by atoms with Crippen LogP contribution in [-0.4, -0.2) is 14.2 Å². The molecule has 3 aromatic rings. The summed E-state index contributed by atoms with van der Waals surface area (Å²) in [6.07, 6.45) is 0.189. The normalized spacial score (nSPS) is 13.5. The van der Waals surface area contributed by atoms with Gasteiger partial charge in [-0.2, -0.15) is 0 Å². The van der Waals surface area contributed by atoms with Crippen LogP contribution in [0.5, 0.6) is 0 Å². The van der Waals surface area contributed by atoms with Crippen molar-refractivity contribution >= 4 is 33.3 Å². The third kappa shape index (κ3) is 3.25. The number of hydrogen-bond donors (Lipinski definition) is 1. The van der Waals surface area contributed by atoms with Gasteiger partial charge in [0.05, 0.1) is 4.90 Å². The molecule has 1 N–H and O–H groups in total. The average Bonchev–Trinajstić information content (AvgIpc) is 2.77. The van der Waals surface area contributed by atoms with Crippen molar-refractivity contribution in [3.05, 3.63) is 83.9 Å². The van der Waals surface area contributed by atoms with Crippen LogP contribution in [0, 0.1) is 0 Å². The quantitative estimate of drug-likeness (QED) is 0.731. The maximum Gasteiger partial charge on any atom is 0.261 e. The Hall–Kier alpha value is -2.57. The van der Waals surface area contributed by atoms with Gasteiger partial charge in [-0.1, -0.05) is 48.2 Å². The third-order valence-corrected chi connectivity index (χ3v) is 6.70. The number of ketones is 1. The number of carbonyl (C=O) groups is 1. The molecule has 0 radical (unpaired) electrons. The standard InChI is InChI=1S/C20H15NO3S2/c22-18-13-14-12-16(26(23,24)21-15-6-2-1-3-7-15)10-11-19(14)25-20-9-5-4-8-17(18)20/h1-12,21H,13H2. The van der Waals surface area contributed by atoms with E-state index in [9.17, 15) is 13.2 Å². The molecule has 4 nitrogen and oxygen atoms in total. The number of Topliss-reactive ketones (excluding diaryl/α,β-unsaturated/α-hetero) is 1. The van der Waals surface area contributed by atoms with Gasteiger partial charge in [0.25, 0.3) is 10.0 Å². The van der Waals surface area contributed by atoms with Crippen LogP contribution in [0.2, 0.25) is 0 Å². The first kappa shape index (κ1) is 16.9. The number of sulfonamides is 1. The lowest BCUT2D eigenvalue weighted by Crippen LogP contribution is -2.13. The molecule has 0 amide bonds. The highest BCUT2D eigenvalue weighted by Gasteiger charge is 2.22. The molecule has 0 aliphatic carbocycles. The van der Waals surface area contributed by atoms with Gasteiger partial charge < -0.3 is 0 Å². The van der Waals surface area contributed by atoms with Gasteiger partial charge in [0.2, 0.25) is 0 Å². The van der Waals surface area contributed by atoms with Crippen LogP contribution in [-0.2, 0) is 16.4 Å². The smallest absolute Gasteiger partial charge is 0.261 e. The van der Waals surface area contributed by atoms with Gasteiger partial charge in [-0.3, -0.25) is 9.52 Å². The molecule has 0 saturated heterocycles. The predicted molar refractivity (Wildman–Crippen MR) is 102 cm³/mol. The summed E-state index contributed by atoms with van der Waals surface area (Å²) in [4.78, 5) is 14.5. The Kier molecular flexibility index (Phi) is 4.30. The largest absolute Gasteiger partial charge is 0.294 e. The van der Waals surface area contributed by atoms with Gasteiger partial charge in [0.1, 0.15) is 0 Å². The number of benzene rings is 3. The summed E-state index contributed by atoms with van der Waals surface area (Å²) in [5.41, 5.74) is 1.91. The summed E-state index contributed by atoms with van der Waals surface area (Å²) in [7, 11) is -3.71. The van der Waals surface area contributed by atoms with Crippen molar-refractivity contribution in [1.82, 2.24) is 0 Å². The number of para-hydroxylation sites is 1. The van der Waals surface area contributed by atoms with E-state index in [4.69, 9.17) is 0 Å². The van der Waals surface area contributed by atoms with E-state index in [0.29, 0.717) is 11.3 Å². The molecule has 26 heavy (non-hydrogen) atoms. The zero-order chi connectivity index (χ0) is 18.1. The monoisotopic (exact) mass is 381 g/mol. The Balaban J connectivity index is 1.70. The van der Waals surface area contributed by atoms with Crippen molar-refractivity contribution < 1.29 is 13.2 Å². The molecule has 130 valence electrons. The molecule has 1 aliphatic heterocycles. The van der Waals surface area contributed by atoms with Gasteiger partial charge >= 0.3 is 0 Å². The summed E-state index contributed by atoms with van der Waals surface area (Å²) in [6.45, 7) is 0. The molecule has 1 heterocycles. The van der Waals surface area contributed by atoms with E-state index in [2.05, 4.69) is 4.72 Å². The van der Waals surface area contributed by atoms with E-state index in [1.807, 2.05) is 30.3 Å². The van der Waals surface area contributed by atoms with Crippen LogP contribution in [0.4, 0.5) is 5.69 Å². The van der Waals surface area contributed by atoms with Gasteiger partial charge in [0.15, 0.2) is 5.78 Å². The molecule has 0 atom stereocenters. The zero-order valence-electron chi connectivity index (χ0n) is 13.7. The van der Waals surface area contributed by atoms with Gasteiger partial charge in [-0.15, -0.1) is 0 Å². The lowest BCUT2D eigenvalue weighted by molar-refractivity contribution is 0.0990. The number of hydrogen-bond acceptors (Lipinski definition) is 4. The molecule has 0 saturated carbocycles. The molecule has 4 rings (SSSR count). The molecule has 3 aromatic carbocycles. The minimum Gasteiger partial charge on any atom is -0.294 e. The summed E-state index contributed by atoms with van der Waals surface area (Å²) in [6, 6.07) is 21.1. The number of nitrogens with one attached hydrogen (secondary N) is 1. The van der Waals surface area contributed by atoms with Crippen molar-refractivity contribution in [1.29, 1.82) is 0 Å². The van der Waals surface area contributed by atoms with Crippen LogP contribution in [0.15, 0.2) is 87.5 Å². The lowest BCUT2D eigenvalue weighted by atomic mass is 10.0. The van der Waals surface area contributed by atoms with Crippen molar-refractivity contribution in [2.45, 2.75) is 21.1 Å². The number of fused-ring (bicyclic) bond motifs is 2. The Morgan fingerprint density at radius 2 is 1.58 bits per heavy atom. The van der Waals surface area contributed by atoms with Crippen LogP contribution in [0.1, 0.15) is 15.9 Å². The number of anilines is 1. The van der Waals surface area contributed by atoms with Crippen molar-refractivity contribution in [3.63, 3.8) is 0 Å². The third-order valence-electron chi connectivity index (χ3n) is 4.13. The molecule has 1 aliphatic rings. The molecule has 0 aromatic heterocycles. The second-order valence-corrected chi connectivity index (χ2v) is 8.71. The Bertz CT molecular complexity index is 1090. The summed E-state index contributed by atoms with van der Waals surface area (Å²) < 4.78 is 27.9. The van der Waals surface area contributed by atoms with E-state index >= 15 is 0 Å². The molecular formula is C20H15NO3S2. The average molecular weight is 381 g/mol. The minimum absolute atomic E-state index is 0.00239. The summed E-state index contributed by atoms with van der Waals surface area (Å²) in [5, 5.41) is 0. The molecule has 6 heteroatoms. The highest BCUT2D eigenvalue weighted by molar-refractivity contribution is 7.99. The lowest BCUT2D eigenvalue weighted by Gasteiger charge is -2.11. The van der Waals surface area contributed by atoms with Crippen LogP contribution < -0.4 is 4.72 Å². The maximum atomic E-state index is 12.7. The second kappa shape index (κ2) is 6.63. The van der Waals surface area contributed by atoms with Crippen molar-refractivity contribution in [2.75, 3.05) is 4.72 Å². The SMILES string of the molecule is O=C1Cc2cc(S(=O)(=O)Nc3ccccc3)ccc2Sc2ccccc21. The first-order chi connectivity index (χ1) is 12.5. The predicted octanol–water partition coefficient (Wildman–Crippen LogP) is 4.38. The zero-order valence-corrected chi connectivity index (χ0v) is 15.3. The summed E-state index contributed by atoms with van der Waals surface area (Å²) >= 11 is 1.49. The topological polar surface area (TPSA) is 63.2 Å². The van der Waals surface area contributed by atoms with Crippen LogP contribution >= 0.6 is 11.8 Å². The van der Waals surface area contributed by atoms with E-state index in [-0.39, 0.29) is 17.1 Å². The van der Waals surface area contributed by atoms with Gasteiger partial charge in [0, 0.05) is 27.5 Å². The minimum atomic E-state index is -3.71. The fourth-order valence-corrected chi connectivity index (χ4v) is 5.04. The van der Waals surface area contributed by atoms with Gasteiger partial charge in [-0.25, -0.2) is 8.42 Å². The van der Waals surface area contributed by atoms with E-state index in [1.165, 1.54) is 11.8 Å². The Labute approximate surface area is 156 Å². The highest BCUT2D eigenvalue weighted by atomic mass is 32.2. The van der Waals surface area contributed by atoms with E-state index < -0.39 is 10.0 Å². The highest BCUT2D eigenvalue weighted by Crippen LogP contribution is 2.37. The Morgan fingerprint density at radius 3 is 2.38 bits per heavy atom. The van der Waals surface area contributed by atoms with E-state index in [1.54, 1.807) is 42.5 Å². The molecule has 0 spiro atoms. The Morgan fingerprint density at radius 1 is 0.846 bits per heavy atom. The fraction of sp³-hybridized carbons (Fsp3) is 0.0500. The van der Waals surface area contributed by atoms with Crippen molar-refractivity contribution in [3.8, 4) is 0 Å². The molecule has 0 bridgehead atoms. The molecular weight excluding hydrogens is 366 g/mol. The maximum absolute atomic E-state index is 12.7. The van der Waals surface area contributed by atoms with Crippen LogP contribution in [0.3, 0.4) is 0 Å². The van der Waals surface area contributed by atoms with E-state index in [0.717, 1.165) is 15.4 Å². The fourth-order valence-electron chi connectivity index (χ4n) is 2.85. The second-order valence-electron chi connectivity index (χ2n) is 5.94. The van der Waals surface area contributed by atoms with Crippen molar-refractivity contribution in [2.24, 2.45) is 0 Å². The first-order valence-corrected chi connectivity index (χ1v) is 10.3. The summed E-state index contributed by atoms with van der Waals surface area (Å²) in [5.74, 6) is -0.00239. The van der Waals surface area contributed by atoms with Gasteiger partial charge in [-0.05, 0) is 42.0 Å².